The lowest BCUT2D eigenvalue weighted by atomic mass is 10.1. The van der Waals surface area contributed by atoms with Gasteiger partial charge in [-0.25, -0.2) is 4.98 Å². The first-order chi connectivity index (χ1) is 17.7. The van der Waals surface area contributed by atoms with E-state index in [0.29, 0.717) is 33.9 Å². The maximum absolute atomic E-state index is 13.0. The number of carbonyl (C=O) groups excluding carboxylic acids is 1. The first-order valence-corrected chi connectivity index (χ1v) is 11.2. The number of aryl methyl sites for hydroxylation is 1. The van der Waals surface area contributed by atoms with E-state index in [2.05, 4.69) is 20.3 Å². The molecule has 6 nitrogen and oxygen atoms in total. The number of anilines is 1. The summed E-state index contributed by atoms with van der Waals surface area (Å²) in [6, 6.07) is 19.9. The maximum Gasteiger partial charge on any atom is 0.416 e. The Labute approximate surface area is 209 Å². The second-order valence-electron chi connectivity index (χ2n) is 8.26. The molecular formula is C28H19F3N4O2. The molecule has 5 rings (SSSR count). The van der Waals surface area contributed by atoms with E-state index in [1.165, 1.54) is 12.1 Å². The molecule has 2 heterocycles. The van der Waals surface area contributed by atoms with Crippen LogP contribution < -0.4 is 10.1 Å². The number of benzene rings is 3. The minimum Gasteiger partial charge on any atom is -0.457 e. The third-order valence-electron chi connectivity index (χ3n) is 5.50. The molecule has 0 fully saturated rings. The van der Waals surface area contributed by atoms with Gasteiger partial charge in [0.1, 0.15) is 11.5 Å². The molecule has 0 aliphatic carbocycles. The molecule has 0 aliphatic heterocycles. The normalized spacial score (nSPS) is 11.4. The van der Waals surface area contributed by atoms with E-state index in [1.54, 1.807) is 54.9 Å². The summed E-state index contributed by atoms with van der Waals surface area (Å²) in [6.07, 6.45) is -1.11. The van der Waals surface area contributed by atoms with Gasteiger partial charge in [0.25, 0.3) is 5.91 Å². The number of hydrogen-bond acceptors (Lipinski definition) is 5. The fourth-order valence-electron chi connectivity index (χ4n) is 3.63. The Kier molecular flexibility index (Phi) is 6.27. The molecular weight excluding hydrogens is 481 g/mol. The first kappa shape index (κ1) is 23.9. The lowest BCUT2D eigenvalue weighted by molar-refractivity contribution is -0.137. The number of carbonyl (C=O) groups is 1. The van der Waals surface area contributed by atoms with Gasteiger partial charge in [0, 0.05) is 40.8 Å². The Hall–Kier alpha value is -4.79. The number of nitrogens with zero attached hydrogens (tertiary/aromatic N) is 3. The zero-order chi connectivity index (χ0) is 26.0. The monoisotopic (exact) mass is 500 g/mol. The molecule has 0 radical (unpaired) electrons. The van der Waals surface area contributed by atoms with Gasteiger partial charge in [-0.05, 0) is 61.5 Å². The predicted octanol–water partition coefficient (Wildman–Crippen LogP) is 7.06. The van der Waals surface area contributed by atoms with Crippen molar-refractivity contribution in [3.8, 4) is 22.8 Å². The van der Waals surface area contributed by atoms with Gasteiger partial charge in [-0.15, -0.1) is 0 Å². The molecule has 0 saturated carbocycles. The summed E-state index contributed by atoms with van der Waals surface area (Å²) in [5.41, 5.74) is 3.12. The van der Waals surface area contributed by atoms with Gasteiger partial charge in [0.05, 0.1) is 28.5 Å². The molecule has 0 bridgehead atoms. The molecule has 9 heteroatoms. The molecule has 1 amide bonds. The van der Waals surface area contributed by atoms with Crippen molar-refractivity contribution < 1.29 is 22.7 Å². The number of aromatic nitrogens is 3. The highest BCUT2D eigenvalue weighted by molar-refractivity contribution is 6.04. The van der Waals surface area contributed by atoms with Crippen LogP contribution in [0.1, 0.15) is 21.6 Å². The average molecular weight is 500 g/mol. The Morgan fingerprint density at radius 3 is 2.43 bits per heavy atom. The highest BCUT2D eigenvalue weighted by Gasteiger charge is 2.30. The van der Waals surface area contributed by atoms with Crippen LogP contribution in [0, 0.1) is 6.92 Å². The molecule has 3 aromatic carbocycles. The average Bonchev–Trinajstić information content (AvgIpc) is 2.88. The van der Waals surface area contributed by atoms with Crippen LogP contribution in [0.15, 0.2) is 91.3 Å². The van der Waals surface area contributed by atoms with E-state index in [0.717, 1.165) is 23.4 Å². The van der Waals surface area contributed by atoms with Gasteiger partial charge in [-0.1, -0.05) is 12.1 Å². The van der Waals surface area contributed by atoms with E-state index in [-0.39, 0.29) is 5.56 Å². The van der Waals surface area contributed by atoms with Crippen molar-refractivity contribution in [2.45, 2.75) is 13.1 Å². The van der Waals surface area contributed by atoms with Crippen molar-refractivity contribution in [3.05, 3.63) is 108 Å². The predicted molar refractivity (Wildman–Crippen MR) is 133 cm³/mol. The lowest BCUT2D eigenvalue weighted by Crippen LogP contribution is -2.13. The number of hydrogen-bond donors (Lipinski definition) is 1. The van der Waals surface area contributed by atoms with Gasteiger partial charge in [-0.2, -0.15) is 13.2 Å². The van der Waals surface area contributed by atoms with Gasteiger partial charge < -0.3 is 10.1 Å². The summed E-state index contributed by atoms with van der Waals surface area (Å²) in [7, 11) is 0. The highest BCUT2D eigenvalue weighted by Crippen LogP contribution is 2.30. The summed E-state index contributed by atoms with van der Waals surface area (Å²) in [6.45, 7) is 1.91. The van der Waals surface area contributed by atoms with Crippen LogP contribution in [0.2, 0.25) is 0 Å². The number of fused-ring (bicyclic) bond motifs is 1. The zero-order valence-corrected chi connectivity index (χ0v) is 19.5. The number of rotatable bonds is 5. The number of amides is 1. The van der Waals surface area contributed by atoms with Gasteiger partial charge in [0.2, 0.25) is 0 Å². The summed E-state index contributed by atoms with van der Waals surface area (Å²) in [4.78, 5) is 26.0. The zero-order valence-electron chi connectivity index (χ0n) is 19.5. The highest BCUT2D eigenvalue weighted by atomic mass is 19.4. The molecule has 2 aromatic heterocycles. The molecule has 37 heavy (non-hydrogen) atoms. The van der Waals surface area contributed by atoms with E-state index in [1.807, 2.05) is 19.1 Å². The van der Waals surface area contributed by atoms with E-state index in [9.17, 15) is 18.0 Å². The fourth-order valence-corrected chi connectivity index (χ4v) is 3.63. The smallest absolute Gasteiger partial charge is 0.416 e. The summed E-state index contributed by atoms with van der Waals surface area (Å²) in [5, 5.41) is 2.61. The molecule has 5 aromatic rings. The maximum atomic E-state index is 13.0. The number of halogens is 3. The standard InChI is InChI=1S/C28H19F3N4O2/c1-17-8-9-19(15-32-17)26-16-33-24-11-10-23(14-25(24)35-26)37-22-7-3-6-21(13-22)34-27(36)18-4-2-5-20(12-18)28(29,30)31/h2-16H,1H3,(H,34,36). The quantitative estimate of drug-likeness (QED) is 0.279. The van der Waals surface area contributed by atoms with Crippen LogP contribution in [0.5, 0.6) is 11.5 Å². The molecule has 0 unspecified atom stereocenters. The fraction of sp³-hybridized carbons (Fsp3) is 0.0714. The van der Waals surface area contributed by atoms with Crippen LogP contribution in [0.3, 0.4) is 0 Å². The van der Waals surface area contributed by atoms with Crippen molar-refractivity contribution in [2.24, 2.45) is 0 Å². The Bertz CT molecular complexity index is 1600. The minimum atomic E-state index is -4.54. The van der Waals surface area contributed by atoms with Crippen molar-refractivity contribution in [2.75, 3.05) is 5.32 Å². The Balaban J connectivity index is 1.34. The van der Waals surface area contributed by atoms with Gasteiger partial charge in [-0.3, -0.25) is 14.8 Å². The second kappa shape index (κ2) is 9.69. The van der Waals surface area contributed by atoms with Gasteiger partial charge in [0.15, 0.2) is 0 Å². The van der Waals surface area contributed by atoms with Gasteiger partial charge >= 0.3 is 6.18 Å². The topological polar surface area (TPSA) is 77.0 Å². The SMILES string of the molecule is Cc1ccc(-c2cnc3ccc(Oc4cccc(NC(=O)c5cccc(C(F)(F)F)c5)c4)cc3n2)cn1. The molecule has 184 valence electrons. The summed E-state index contributed by atoms with van der Waals surface area (Å²) < 4.78 is 44.9. The molecule has 1 N–H and O–H groups in total. The largest absolute Gasteiger partial charge is 0.457 e. The first-order valence-electron chi connectivity index (χ1n) is 11.2. The van der Waals surface area contributed by atoms with Crippen LogP contribution in [0.25, 0.3) is 22.3 Å². The number of ether oxygens (including phenoxy) is 1. The minimum absolute atomic E-state index is 0.103. The Morgan fingerprint density at radius 2 is 1.65 bits per heavy atom. The van der Waals surface area contributed by atoms with Crippen LogP contribution in [-0.2, 0) is 6.18 Å². The Morgan fingerprint density at radius 1 is 0.838 bits per heavy atom. The number of alkyl halides is 3. The van der Waals surface area contributed by atoms with Crippen molar-refractivity contribution in [3.63, 3.8) is 0 Å². The van der Waals surface area contributed by atoms with Crippen molar-refractivity contribution in [1.29, 1.82) is 0 Å². The second-order valence-corrected chi connectivity index (χ2v) is 8.26. The summed E-state index contributed by atoms with van der Waals surface area (Å²) in [5.74, 6) is 0.262. The third kappa shape index (κ3) is 5.56. The van der Waals surface area contributed by atoms with E-state index in [4.69, 9.17) is 4.74 Å². The van der Waals surface area contributed by atoms with E-state index < -0.39 is 17.6 Å². The van der Waals surface area contributed by atoms with E-state index >= 15 is 0 Å². The number of pyridine rings is 1. The van der Waals surface area contributed by atoms with Crippen LogP contribution in [-0.4, -0.2) is 20.9 Å². The molecule has 0 aliphatic rings. The summed E-state index contributed by atoms with van der Waals surface area (Å²) >= 11 is 0. The molecule has 0 atom stereocenters. The third-order valence-corrected chi connectivity index (χ3v) is 5.50. The van der Waals surface area contributed by atoms with Crippen LogP contribution in [0.4, 0.5) is 18.9 Å². The molecule has 0 spiro atoms. The van der Waals surface area contributed by atoms with Crippen LogP contribution >= 0.6 is 0 Å². The molecule has 0 saturated heterocycles. The number of nitrogens with one attached hydrogen (secondary N) is 1. The van der Waals surface area contributed by atoms with Crippen molar-refractivity contribution in [1.82, 2.24) is 15.0 Å². The lowest BCUT2D eigenvalue weighted by Gasteiger charge is -2.11. The van der Waals surface area contributed by atoms with Crippen molar-refractivity contribution >= 4 is 22.6 Å².